The fraction of sp³-hybridized carbons (Fsp3) is 0.778. The fourth-order valence-corrected chi connectivity index (χ4v) is 1.28. The zero-order valence-electron chi connectivity index (χ0n) is 7.65. The molecule has 0 aromatic rings. The molecule has 1 rings (SSSR count). The SMILES string of the molecule is CC1(C)C=CC(O)(C(F)(F)F)CC1. The van der Waals surface area contributed by atoms with Gasteiger partial charge in [0.25, 0.3) is 0 Å². The van der Waals surface area contributed by atoms with Gasteiger partial charge in [-0.1, -0.05) is 19.9 Å². The molecule has 1 nitrogen and oxygen atoms in total. The van der Waals surface area contributed by atoms with Crippen molar-refractivity contribution >= 4 is 0 Å². The highest BCUT2D eigenvalue weighted by molar-refractivity contribution is 5.14. The predicted octanol–water partition coefficient (Wildman–Crippen LogP) is 2.66. The fourth-order valence-electron chi connectivity index (χ4n) is 1.28. The van der Waals surface area contributed by atoms with Gasteiger partial charge in [-0.05, 0) is 24.3 Å². The summed E-state index contributed by atoms with van der Waals surface area (Å²) in [6.07, 6.45) is -2.15. The number of hydrogen-bond donors (Lipinski definition) is 1. The van der Waals surface area contributed by atoms with Crippen molar-refractivity contribution in [2.24, 2.45) is 5.41 Å². The molecular weight excluding hydrogens is 181 g/mol. The van der Waals surface area contributed by atoms with E-state index < -0.39 is 11.8 Å². The first-order chi connectivity index (χ1) is 5.66. The van der Waals surface area contributed by atoms with Gasteiger partial charge in [-0.25, -0.2) is 0 Å². The zero-order chi connectivity index (χ0) is 10.3. The van der Waals surface area contributed by atoms with Gasteiger partial charge in [-0.15, -0.1) is 0 Å². The zero-order valence-corrected chi connectivity index (χ0v) is 7.65. The molecule has 1 atom stereocenters. The van der Waals surface area contributed by atoms with Crippen molar-refractivity contribution in [1.29, 1.82) is 0 Å². The van der Waals surface area contributed by atoms with Crippen LogP contribution >= 0.6 is 0 Å². The van der Waals surface area contributed by atoms with Crippen LogP contribution < -0.4 is 0 Å². The summed E-state index contributed by atoms with van der Waals surface area (Å²) in [6.45, 7) is 3.69. The van der Waals surface area contributed by atoms with E-state index in [9.17, 15) is 18.3 Å². The molecule has 0 heterocycles. The summed E-state index contributed by atoms with van der Waals surface area (Å²) >= 11 is 0. The van der Waals surface area contributed by atoms with Crippen molar-refractivity contribution in [2.75, 3.05) is 0 Å². The van der Waals surface area contributed by atoms with Crippen LogP contribution in [0.15, 0.2) is 12.2 Å². The monoisotopic (exact) mass is 194 g/mol. The van der Waals surface area contributed by atoms with Crippen LogP contribution in [-0.2, 0) is 0 Å². The molecule has 0 spiro atoms. The first kappa shape index (κ1) is 10.6. The van der Waals surface area contributed by atoms with E-state index >= 15 is 0 Å². The Morgan fingerprint density at radius 2 is 1.69 bits per heavy atom. The Hall–Kier alpha value is -0.510. The molecule has 4 heteroatoms. The Morgan fingerprint density at radius 1 is 1.15 bits per heavy atom. The number of halogens is 3. The summed E-state index contributed by atoms with van der Waals surface area (Å²) in [5.41, 5.74) is -2.85. The molecule has 1 N–H and O–H groups in total. The molecule has 76 valence electrons. The lowest BCUT2D eigenvalue weighted by Gasteiger charge is -2.35. The maximum absolute atomic E-state index is 12.3. The summed E-state index contributed by atoms with van der Waals surface area (Å²) < 4.78 is 36.8. The predicted molar refractivity (Wildman–Crippen MR) is 43.2 cm³/mol. The summed E-state index contributed by atoms with van der Waals surface area (Å²) in [4.78, 5) is 0. The molecule has 0 amide bonds. The summed E-state index contributed by atoms with van der Waals surface area (Å²) in [7, 11) is 0. The highest BCUT2D eigenvalue weighted by Crippen LogP contribution is 2.42. The highest BCUT2D eigenvalue weighted by atomic mass is 19.4. The van der Waals surface area contributed by atoms with Gasteiger partial charge in [0.1, 0.15) is 0 Å². The van der Waals surface area contributed by atoms with E-state index in [1.54, 1.807) is 0 Å². The second kappa shape index (κ2) is 2.74. The Bertz CT molecular complexity index is 230. The minimum Gasteiger partial charge on any atom is -0.377 e. The van der Waals surface area contributed by atoms with Crippen LogP contribution in [0.5, 0.6) is 0 Å². The molecule has 0 aromatic carbocycles. The third kappa shape index (κ3) is 2.05. The van der Waals surface area contributed by atoms with E-state index in [4.69, 9.17) is 0 Å². The Kier molecular flexibility index (Phi) is 2.23. The van der Waals surface area contributed by atoms with Crippen molar-refractivity contribution in [1.82, 2.24) is 0 Å². The van der Waals surface area contributed by atoms with Crippen molar-refractivity contribution in [2.45, 2.75) is 38.5 Å². The number of hydrogen-bond acceptors (Lipinski definition) is 1. The number of allylic oxidation sites excluding steroid dienone is 1. The maximum atomic E-state index is 12.3. The topological polar surface area (TPSA) is 20.2 Å². The van der Waals surface area contributed by atoms with Gasteiger partial charge < -0.3 is 5.11 Å². The second-order valence-corrected chi connectivity index (χ2v) is 4.24. The van der Waals surface area contributed by atoms with Crippen LogP contribution in [0.4, 0.5) is 13.2 Å². The van der Waals surface area contributed by atoms with Gasteiger partial charge in [-0.3, -0.25) is 0 Å². The average molecular weight is 194 g/mol. The minimum atomic E-state index is -4.56. The third-order valence-electron chi connectivity index (χ3n) is 2.45. The van der Waals surface area contributed by atoms with Gasteiger partial charge in [-0.2, -0.15) is 13.2 Å². The number of rotatable bonds is 0. The van der Waals surface area contributed by atoms with Crippen LogP contribution in [0, 0.1) is 5.41 Å². The normalized spacial score (nSPS) is 33.4. The van der Waals surface area contributed by atoms with Crippen LogP contribution in [0.1, 0.15) is 26.7 Å². The lowest BCUT2D eigenvalue weighted by atomic mass is 9.76. The van der Waals surface area contributed by atoms with Crippen LogP contribution in [0.3, 0.4) is 0 Å². The van der Waals surface area contributed by atoms with Gasteiger partial charge in [0.05, 0.1) is 0 Å². The minimum absolute atomic E-state index is 0.239. The molecule has 0 radical (unpaired) electrons. The summed E-state index contributed by atoms with van der Waals surface area (Å²) in [6, 6.07) is 0. The molecular formula is C9H13F3O. The standard InChI is InChI=1S/C9H13F3O/c1-7(2)3-5-8(13,6-4-7)9(10,11)12/h3,5,13H,4,6H2,1-2H3. The van der Waals surface area contributed by atoms with Crippen molar-refractivity contribution in [3.63, 3.8) is 0 Å². The van der Waals surface area contributed by atoms with Gasteiger partial charge in [0, 0.05) is 0 Å². The molecule has 0 fully saturated rings. The molecule has 0 aromatic heterocycles. The smallest absolute Gasteiger partial charge is 0.377 e. The molecule has 1 unspecified atom stereocenters. The highest BCUT2D eigenvalue weighted by Gasteiger charge is 2.53. The molecule has 0 saturated heterocycles. The van der Waals surface area contributed by atoms with Crippen LogP contribution in [0.2, 0.25) is 0 Å². The molecule has 0 aliphatic heterocycles. The van der Waals surface area contributed by atoms with Gasteiger partial charge in [0.15, 0.2) is 5.60 Å². The van der Waals surface area contributed by atoms with E-state index in [1.165, 1.54) is 6.08 Å². The van der Waals surface area contributed by atoms with E-state index in [1.807, 2.05) is 13.8 Å². The molecule has 0 saturated carbocycles. The largest absolute Gasteiger partial charge is 0.420 e. The van der Waals surface area contributed by atoms with Crippen molar-refractivity contribution < 1.29 is 18.3 Å². The molecule has 13 heavy (non-hydrogen) atoms. The first-order valence-electron chi connectivity index (χ1n) is 4.16. The molecule has 1 aliphatic carbocycles. The average Bonchev–Trinajstić information content (AvgIpc) is 1.94. The summed E-state index contributed by atoms with van der Waals surface area (Å²) in [5.74, 6) is 0. The molecule has 1 aliphatic rings. The second-order valence-electron chi connectivity index (χ2n) is 4.24. The number of aliphatic hydroxyl groups is 1. The third-order valence-corrected chi connectivity index (χ3v) is 2.45. The van der Waals surface area contributed by atoms with Crippen molar-refractivity contribution in [3.05, 3.63) is 12.2 Å². The lowest BCUT2D eigenvalue weighted by Crippen LogP contribution is -2.46. The Labute approximate surface area is 75.3 Å². The van der Waals surface area contributed by atoms with E-state index in [-0.39, 0.29) is 11.8 Å². The first-order valence-corrected chi connectivity index (χ1v) is 4.16. The van der Waals surface area contributed by atoms with E-state index in [0.717, 1.165) is 6.08 Å². The van der Waals surface area contributed by atoms with Crippen molar-refractivity contribution in [3.8, 4) is 0 Å². The summed E-state index contributed by atoms with van der Waals surface area (Å²) in [5, 5.41) is 9.23. The van der Waals surface area contributed by atoms with E-state index in [2.05, 4.69) is 0 Å². The Morgan fingerprint density at radius 3 is 2.00 bits per heavy atom. The Balaban J connectivity index is 2.88. The van der Waals surface area contributed by atoms with Crippen LogP contribution in [-0.4, -0.2) is 16.9 Å². The maximum Gasteiger partial charge on any atom is 0.420 e. The lowest BCUT2D eigenvalue weighted by molar-refractivity contribution is -0.245. The van der Waals surface area contributed by atoms with E-state index in [0.29, 0.717) is 6.42 Å². The quantitative estimate of drug-likeness (QED) is 0.588. The molecule has 0 bridgehead atoms. The van der Waals surface area contributed by atoms with Gasteiger partial charge >= 0.3 is 6.18 Å². The number of alkyl halides is 3. The van der Waals surface area contributed by atoms with Crippen LogP contribution in [0.25, 0.3) is 0 Å². The van der Waals surface area contributed by atoms with Gasteiger partial charge in [0.2, 0.25) is 0 Å².